The van der Waals surface area contributed by atoms with Crippen LogP contribution in [0.2, 0.25) is 0 Å². The molecule has 134 valence electrons. The number of furan rings is 2. The molecule has 0 bridgehead atoms. The van der Waals surface area contributed by atoms with Crippen molar-refractivity contribution in [3.8, 4) is 0 Å². The summed E-state index contributed by atoms with van der Waals surface area (Å²) in [5.41, 5.74) is 0.477. The first-order valence-electron chi connectivity index (χ1n) is 8.59. The second-order valence-corrected chi connectivity index (χ2v) is 6.53. The van der Waals surface area contributed by atoms with Crippen LogP contribution in [0, 0.1) is 6.92 Å². The molecule has 0 spiro atoms. The van der Waals surface area contributed by atoms with Crippen LogP contribution >= 0.6 is 0 Å². The van der Waals surface area contributed by atoms with Gasteiger partial charge in [-0.1, -0.05) is 12.1 Å². The van der Waals surface area contributed by atoms with Crippen molar-refractivity contribution < 1.29 is 18.0 Å². The number of hydrogen-bond donors (Lipinski definition) is 0. The molecule has 3 aromatic heterocycles. The topological polar surface area (TPSA) is 76.8 Å². The Balaban J connectivity index is 1.75. The van der Waals surface area contributed by atoms with Gasteiger partial charge in [0.25, 0.3) is 5.91 Å². The summed E-state index contributed by atoms with van der Waals surface area (Å²) in [6.45, 7) is 2.02. The summed E-state index contributed by atoms with van der Waals surface area (Å²) in [7, 11) is 0. The van der Waals surface area contributed by atoms with E-state index in [9.17, 15) is 9.59 Å². The second kappa shape index (κ2) is 5.74. The number of nitrogens with zero attached hydrogens (tertiary/aromatic N) is 1. The smallest absolute Gasteiger partial charge is 0.291 e. The molecule has 0 fully saturated rings. The van der Waals surface area contributed by atoms with Crippen LogP contribution in [0.5, 0.6) is 0 Å². The molecule has 0 N–H and O–H groups in total. The van der Waals surface area contributed by atoms with E-state index in [2.05, 4.69) is 0 Å². The van der Waals surface area contributed by atoms with Gasteiger partial charge in [0.2, 0.25) is 5.76 Å². The molecular formula is C21H15NO5. The minimum Gasteiger partial charge on any atom is -0.467 e. The minimum absolute atomic E-state index is 0.0595. The Morgan fingerprint density at radius 1 is 1.00 bits per heavy atom. The predicted molar refractivity (Wildman–Crippen MR) is 96.4 cm³/mol. The molecule has 1 amide bonds. The van der Waals surface area contributed by atoms with Gasteiger partial charge >= 0.3 is 0 Å². The number of fused-ring (bicyclic) bond motifs is 2. The van der Waals surface area contributed by atoms with Crippen molar-refractivity contribution >= 4 is 16.9 Å². The third-order valence-corrected chi connectivity index (χ3v) is 4.81. The third kappa shape index (κ3) is 2.33. The number of carbonyl (C=O) groups excluding carboxylic acids is 1. The zero-order valence-electron chi connectivity index (χ0n) is 14.5. The molecule has 6 heteroatoms. The lowest BCUT2D eigenvalue weighted by Crippen LogP contribution is -2.28. The molecule has 1 atom stereocenters. The average molecular weight is 361 g/mol. The highest BCUT2D eigenvalue weighted by atomic mass is 16.4. The molecule has 4 heterocycles. The second-order valence-electron chi connectivity index (χ2n) is 6.53. The van der Waals surface area contributed by atoms with E-state index in [1.165, 1.54) is 0 Å². The first kappa shape index (κ1) is 15.7. The largest absolute Gasteiger partial charge is 0.467 e. The van der Waals surface area contributed by atoms with Crippen LogP contribution in [0.25, 0.3) is 11.0 Å². The third-order valence-electron chi connectivity index (χ3n) is 4.81. The minimum atomic E-state index is -0.660. The van der Waals surface area contributed by atoms with E-state index in [1.807, 2.05) is 13.0 Å². The van der Waals surface area contributed by atoms with E-state index >= 15 is 0 Å². The van der Waals surface area contributed by atoms with Crippen molar-refractivity contribution in [2.45, 2.75) is 19.5 Å². The molecule has 5 rings (SSSR count). The highest BCUT2D eigenvalue weighted by Crippen LogP contribution is 2.39. The van der Waals surface area contributed by atoms with Crippen LogP contribution < -0.4 is 5.43 Å². The summed E-state index contributed by atoms with van der Waals surface area (Å²) in [5, 5.41) is 0.442. The summed E-state index contributed by atoms with van der Waals surface area (Å²) < 4.78 is 17.0. The molecule has 0 saturated carbocycles. The zero-order chi connectivity index (χ0) is 18.5. The Labute approximate surface area is 153 Å². The standard InChI is InChI=1S/C21H15NO5/c1-12-8-9-16(26-12)18-17-19(23)14-6-2-3-7-15(14)27-20(17)21(24)22(18)11-13-5-4-10-25-13/h2-10,18H,11H2,1H3/t18-/m1/s1. The Hall–Kier alpha value is -3.54. The number of rotatable bonds is 3. The molecule has 1 aromatic carbocycles. The average Bonchev–Trinajstić information content (AvgIpc) is 3.38. The van der Waals surface area contributed by atoms with Crippen LogP contribution in [0.1, 0.15) is 39.4 Å². The fourth-order valence-corrected chi connectivity index (χ4v) is 3.60. The zero-order valence-corrected chi connectivity index (χ0v) is 14.5. The highest BCUT2D eigenvalue weighted by Gasteiger charge is 2.44. The van der Waals surface area contributed by atoms with Gasteiger partial charge < -0.3 is 18.2 Å². The van der Waals surface area contributed by atoms with E-state index in [-0.39, 0.29) is 23.6 Å². The number of amides is 1. The normalized spacial score (nSPS) is 16.3. The molecular weight excluding hydrogens is 346 g/mol. The number of hydrogen-bond acceptors (Lipinski definition) is 5. The first-order valence-corrected chi connectivity index (χ1v) is 8.59. The van der Waals surface area contributed by atoms with E-state index in [0.717, 1.165) is 0 Å². The fourth-order valence-electron chi connectivity index (χ4n) is 3.60. The van der Waals surface area contributed by atoms with Gasteiger partial charge in [0.1, 0.15) is 28.9 Å². The van der Waals surface area contributed by atoms with E-state index in [0.29, 0.717) is 33.8 Å². The molecule has 1 aliphatic heterocycles. The van der Waals surface area contributed by atoms with E-state index in [4.69, 9.17) is 13.3 Å². The predicted octanol–water partition coefficient (Wildman–Crippen LogP) is 4.03. The molecule has 1 aliphatic rings. The number of carbonyl (C=O) groups is 1. The fraction of sp³-hybridized carbons (Fsp3) is 0.143. The van der Waals surface area contributed by atoms with Crippen LogP contribution in [-0.2, 0) is 6.54 Å². The van der Waals surface area contributed by atoms with Crippen molar-refractivity contribution in [1.29, 1.82) is 0 Å². The Bertz CT molecular complexity index is 1220. The van der Waals surface area contributed by atoms with Crippen molar-refractivity contribution in [1.82, 2.24) is 4.90 Å². The first-order chi connectivity index (χ1) is 13.1. The number of para-hydroxylation sites is 1. The summed E-state index contributed by atoms with van der Waals surface area (Å²) >= 11 is 0. The van der Waals surface area contributed by atoms with Crippen LogP contribution in [0.3, 0.4) is 0 Å². The lowest BCUT2D eigenvalue weighted by molar-refractivity contribution is 0.0686. The summed E-state index contributed by atoms with van der Waals surface area (Å²) in [6.07, 6.45) is 1.55. The van der Waals surface area contributed by atoms with Gasteiger partial charge in [-0.25, -0.2) is 0 Å². The summed E-state index contributed by atoms with van der Waals surface area (Å²) in [5.74, 6) is 1.54. The van der Waals surface area contributed by atoms with Crippen molar-refractivity contribution in [3.63, 3.8) is 0 Å². The SMILES string of the molecule is Cc1ccc([C@@H]2c3c(oc4ccccc4c3=O)C(=O)N2Cc2ccco2)o1. The van der Waals surface area contributed by atoms with Gasteiger partial charge in [-0.3, -0.25) is 9.59 Å². The quantitative estimate of drug-likeness (QED) is 0.550. The van der Waals surface area contributed by atoms with Crippen molar-refractivity contribution in [2.24, 2.45) is 0 Å². The molecule has 0 unspecified atom stereocenters. The van der Waals surface area contributed by atoms with Crippen molar-refractivity contribution in [3.05, 3.63) is 93.6 Å². The lowest BCUT2D eigenvalue weighted by atomic mass is 10.0. The van der Waals surface area contributed by atoms with Gasteiger partial charge in [0.05, 0.1) is 23.8 Å². The maximum Gasteiger partial charge on any atom is 0.291 e. The highest BCUT2D eigenvalue weighted by molar-refractivity contribution is 5.98. The monoisotopic (exact) mass is 361 g/mol. The van der Waals surface area contributed by atoms with Gasteiger partial charge in [-0.05, 0) is 43.3 Å². The van der Waals surface area contributed by atoms with Gasteiger partial charge in [0, 0.05) is 0 Å². The molecule has 6 nitrogen and oxygen atoms in total. The number of benzene rings is 1. The Morgan fingerprint density at radius 2 is 1.85 bits per heavy atom. The van der Waals surface area contributed by atoms with Crippen LogP contribution in [-0.4, -0.2) is 10.8 Å². The molecule has 27 heavy (non-hydrogen) atoms. The van der Waals surface area contributed by atoms with Gasteiger partial charge in [-0.2, -0.15) is 0 Å². The molecule has 0 aliphatic carbocycles. The van der Waals surface area contributed by atoms with Gasteiger partial charge in [-0.15, -0.1) is 0 Å². The molecule has 0 saturated heterocycles. The van der Waals surface area contributed by atoms with Crippen molar-refractivity contribution in [2.75, 3.05) is 0 Å². The maximum atomic E-state index is 13.2. The van der Waals surface area contributed by atoms with E-state index < -0.39 is 6.04 Å². The van der Waals surface area contributed by atoms with E-state index in [1.54, 1.807) is 53.6 Å². The number of aryl methyl sites for hydroxylation is 1. The summed E-state index contributed by atoms with van der Waals surface area (Å²) in [6, 6.07) is 13.4. The summed E-state index contributed by atoms with van der Waals surface area (Å²) in [4.78, 5) is 27.9. The Morgan fingerprint density at radius 3 is 2.59 bits per heavy atom. The van der Waals surface area contributed by atoms with Crippen LogP contribution in [0.4, 0.5) is 0 Å². The molecule has 0 radical (unpaired) electrons. The molecule has 4 aromatic rings. The maximum absolute atomic E-state index is 13.2. The Kier molecular flexibility index (Phi) is 3.33. The lowest BCUT2D eigenvalue weighted by Gasteiger charge is -2.22. The van der Waals surface area contributed by atoms with Gasteiger partial charge in [0.15, 0.2) is 5.43 Å². The van der Waals surface area contributed by atoms with Crippen LogP contribution in [0.15, 0.2) is 72.8 Å².